The van der Waals surface area contributed by atoms with Crippen molar-refractivity contribution in [3.05, 3.63) is 29.8 Å². The molecule has 112 valence electrons. The molecule has 0 aliphatic heterocycles. The van der Waals surface area contributed by atoms with E-state index in [1.807, 2.05) is 19.2 Å². The fourth-order valence-electron chi connectivity index (χ4n) is 3.54. The lowest BCUT2D eigenvalue weighted by Crippen LogP contribution is -2.55. The molecule has 0 spiro atoms. The number of likely N-dealkylation sites (N-methyl/N-ethyl adjacent to an activating group) is 1. The summed E-state index contributed by atoms with van der Waals surface area (Å²) in [4.78, 5) is 0. The predicted molar refractivity (Wildman–Crippen MR) is 82.3 cm³/mol. The van der Waals surface area contributed by atoms with Crippen molar-refractivity contribution in [1.29, 1.82) is 0 Å². The zero-order valence-corrected chi connectivity index (χ0v) is 12.9. The maximum atomic E-state index is 11.2. The lowest BCUT2D eigenvalue weighted by atomic mass is 9.62. The van der Waals surface area contributed by atoms with E-state index in [0.29, 0.717) is 0 Å². The monoisotopic (exact) mass is 277 g/mol. The minimum atomic E-state index is -0.622. The van der Waals surface area contributed by atoms with Crippen LogP contribution in [0.5, 0.6) is 5.75 Å². The summed E-state index contributed by atoms with van der Waals surface area (Å²) >= 11 is 0. The summed E-state index contributed by atoms with van der Waals surface area (Å²) in [6.07, 6.45) is 5.24. The number of hydrogen-bond acceptors (Lipinski definition) is 3. The lowest BCUT2D eigenvalue weighted by molar-refractivity contribution is -0.0616. The van der Waals surface area contributed by atoms with Crippen molar-refractivity contribution >= 4 is 0 Å². The topological polar surface area (TPSA) is 41.5 Å². The highest BCUT2D eigenvalue weighted by atomic mass is 16.5. The molecule has 2 rings (SSSR count). The van der Waals surface area contributed by atoms with E-state index in [1.165, 1.54) is 12.0 Å². The van der Waals surface area contributed by atoms with E-state index in [2.05, 4.69) is 24.4 Å². The number of ether oxygens (including phenoxy) is 1. The Morgan fingerprint density at radius 3 is 2.30 bits per heavy atom. The second-order valence-corrected chi connectivity index (χ2v) is 6.18. The van der Waals surface area contributed by atoms with Gasteiger partial charge in [0.1, 0.15) is 5.75 Å². The highest BCUT2D eigenvalue weighted by molar-refractivity contribution is 5.35. The van der Waals surface area contributed by atoms with E-state index in [0.717, 1.165) is 38.0 Å². The second kappa shape index (κ2) is 6.15. The first kappa shape index (κ1) is 15.3. The number of nitrogens with one attached hydrogen (secondary N) is 1. The molecular weight excluding hydrogens is 250 g/mol. The molecule has 3 nitrogen and oxygen atoms in total. The first-order valence-corrected chi connectivity index (χ1v) is 7.57. The SMILES string of the molecule is CNC[C@](C)(c1ccc(OC)cc1)C1(O)CCCCC1. The molecule has 0 unspecified atom stereocenters. The van der Waals surface area contributed by atoms with Gasteiger partial charge in [-0.15, -0.1) is 0 Å². The van der Waals surface area contributed by atoms with E-state index in [4.69, 9.17) is 4.74 Å². The third-order valence-electron chi connectivity index (χ3n) is 4.97. The molecule has 0 saturated heterocycles. The van der Waals surface area contributed by atoms with E-state index in [9.17, 15) is 5.11 Å². The minimum Gasteiger partial charge on any atom is -0.497 e. The van der Waals surface area contributed by atoms with Crippen LogP contribution in [0.4, 0.5) is 0 Å². The normalized spacial score (nSPS) is 21.2. The van der Waals surface area contributed by atoms with Crippen LogP contribution in [-0.2, 0) is 5.41 Å². The fourth-order valence-corrected chi connectivity index (χ4v) is 3.54. The Morgan fingerprint density at radius 2 is 1.80 bits per heavy atom. The van der Waals surface area contributed by atoms with Crippen molar-refractivity contribution in [3.63, 3.8) is 0 Å². The van der Waals surface area contributed by atoms with Gasteiger partial charge in [0.25, 0.3) is 0 Å². The number of benzene rings is 1. The Balaban J connectivity index is 2.36. The molecule has 1 fully saturated rings. The first-order valence-electron chi connectivity index (χ1n) is 7.57. The Labute approximate surface area is 122 Å². The molecule has 0 amide bonds. The molecule has 2 N–H and O–H groups in total. The molecule has 3 heteroatoms. The maximum absolute atomic E-state index is 11.2. The van der Waals surface area contributed by atoms with E-state index >= 15 is 0 Å². The van der Waals surface area contributed by atoms with Gasteiger partial charge in [0.15, 0.2) is 0 Å². The van der Waals surface area contributed by atoms with Gasteiger partial charge in [-0.2, -0.15) is 0 Å². The zero-order valence-electron chi connectivity index (χ0n) is 12.9. The van der Waals surface area contributed by atoms with Crippen molar-refractivity contribution in [2.75, 3.05) is 20.7 Å². The van der Waals surface area contributed by atoms with E-state index in [1.54, 1.807) is 7.11 Å². The van der Waals surface area contributed by atoms with Gasteiger partial charge in [0.2, 0.25) is 0 Å². The molecule has 1 atom stereocenters. The van der Waals surface area contributed by atoms with Gasteiger partial charge in [0.05, 0.1) is 12.7 Å². The summed E-state index contributed by atoms with van der Waals surface area (Å²) in [5.74, 6) is 0.858. The van der Waals surface area contributed by atoms with Crippen LogP contribution in [-0.4, -0.2) is 31.4 Å². The first-order chi connectivity index (χ1) is 9.55. The Morgan fingerprint density at radius 1 is 1.20 bits per heavy atom. The van der Waals surface area contributed by atoms with Gasteiger partial charge in [-0.3, -0.25) is 0 Å². The summed E-state index contributed by atoms with van der Waals surface area (Å²) < 4.78 is 5.23. The van der Waals surface area contributed by atoms with Crippen molar-refractivity contribution in [3.8, 4) is 5.75 Å². The zero-order chi connectivity index (χ0) is 14.6. The van der Waals surface area contributed by atoms with Crippen LogP contribution in [0.15, 0.2) is 24.3 Å². The molecule has 0 bridgehead atoms. The fraction of sp³-hybridized carbons (Fsp3) is 0.647. The summed E-state index contributed by atoms with van der Waals surface area (Å²) in [5.41, 5.74) is 0.286. The summed E-state index contributed by atoms with van der Waals surface area (Å²) in [7, 11) is 3.63. The second-order valence-electron chi connectivity index (χ2n) is 6.18. The molecular formula is C17H27NO2. The minimum absolute atomic E-state index is 0.269. The molecule has 1 aliphatic carbocycles. The van der Waals surface area contributed by atoms with Crippen molar-refractivity contribution < 1.29 is 9.84 Å². The van der Waals surface area contributed by atoms with E-state index in [-0.39, 0.29) is 5.41 Å². The molecule has 1 aromatic carbocycles. The highest BCUT2D eigenvalue weighted by Gasteiger charge is 2.47. The Kier molecular flexibility index (Phi) is 4.71. The molecule has 0 radical (unpaired) electrons. The summed E-state index contributed by atoms with van der Waals surface area (Å²) in [6.45, 7) is 2.95. The summed E-state index contributed by atoms with van der Waals surface area (Å²) in [5, 5.41) is 14.5. The third kappa shape index (κ3) is 2.70. The molecule has 1 aliphatic rings. The predicted octanol–water partition coefficient (Wildman–Crippen LogP) is 2.87. The Hall–Kier alpha value is -1.06. The Bertz CT molecular complexity index is 423. The van der Waals surface area contributed by atoms with Gasteiger partial charge in [0, 0.05) is 12.0 Å². The van der Waals surface area contributed by atoms with Crippen molar-refractivity contribution in [2.24, 2.45) is 0 Å². The maximum Gasteiger partial charge on any atom is 0.118 e. The number of aliphatic hydroxyl groups is 1. The smallest absolute Gasteiger partial charge is 0.118 e. The largest absolute Gasteiger partial charge is 0.497 e. The van der Waals surface area contributed by atoms with Crippen LogP contribution in [0.2, 0.25) is 0 Å². The van der Waals surface area contributed by atoms with E-state index < -0.39 is 5.60 Å². The van der Waals surface area contributed by atoms with Crippen LogP contribution in [0.3, 0.4) is 0 Å². The average Bonchev–Trinajstić information content (AvgIpc) is 2.48. The van der Waals surface area contributed by atoms with Crippen LogP contribution in [0.1, 0.15) is 44.6 Å². The van der Waals surface area contributed by atoms with Crippen molar-refractivity contribution in [2.45, 2.75) is 50.0 Å². The van der Waals surface area contributed by atoms with Gasteiger partial charge < -0.3 is 15.2 Å². The van der Waals surface area contributed by atoms with Crippen LogP contribution < -0.4 is 10.1 Å². The molecule has 20 heavy (non-hydrogen) atoms. The highest BCUT2D eigenvalue weighted by Crippen LogP contribution is 2.44. The standard InChI is InChI=1S/C17H27NO2/c1-16(13-18-2,17(19)11-5-4-6-12-17)14-7-9-15(20-3)10-8-14/h7-10,18-19H,4-6,11-13H2,1-3H3/t16-/m1/s1. The van der Waals surface area contributed by atoms with Gasteiger partial charge in [-0.05, 0) is 37.6 Å². The number of hydrogen-bond donors (Lipinski definition) is 2. The quantitative estimate of drug-likeness (QED) is 0.869. The summed E-state index contributed by atoms with van der Waals surface area (Å²) in [6, 6.07) is 8.14. The van der Waals surface area contributed by atoms with Crippen LogP contribution in [0.25, 0.3) is 0 Å². The molecule has 1 saturated carbocycles. The van der Waals surface area contributed by atoms with Gasteiger partial charge in [-0.25, -0.2) is 0 Å². The average molecular weight is 277 g/mol. The molecule has 1 aromatic rings. The molecule has 0 heterocycles. The van der Waals surface area contributed by atoms with Crippen LogP contribution in [0, 0.1) is 0 Å². The number of methoxy groups -OCH3 is 1. The van der Waals surface area contributed by atoms with Crippen LogP contribution >= 0.6 is 0 Å². The van der Waals surface area contributed by atoms with Crippen molar-refractivity contribution in [1.82, 2.24) is 5.32 Å². The number of rotatable bonds is 5. The molecule has 0 aromatic heterocycles. The lowest BCUT2D eigenvalue weighted by Gasteiger charge is -2.48. The van der Waals surface area contributed by atoms with Gasteiger partial charge >= 0.3 is 0 Å². The van der Waals surface area contributed by atoms with Gasteiger partial charge in [-0.1, -0.05) is 38.3 Å². The third-order valence-corrected chi connectivity index (χ3v) is 4.97.